The van der Waals surface area contributed by atoms with Gasteiger partial charge in [0.1, 0.15) is 11.6 Å². The molecule has 0 radical (unpaired) electrons. The van der Waals surface area contributed by atoms with Gasteiger partial charge in [0.2, 0.25) is 5.91 Å². The highest BCUT2D eigenvalue weighted by atomic mass is 19.1. The molecule has 1 heterocycles. The second-order valence-electron chi connectivity index (χ2n) is 6.78. The molecule has 0 spiro atoms. The number of amides is 1. The normalized spacial score (nSPS) is 11.2. The highest BCUT2D eigenvalue weighted by Gasteiger charge is 2.16. The fourth-order valence-corrected chi connectivity index (χ4v) is 3.15. The Morgan fingerprint density at radius 2 is 1.93 bits per heavy atom. The van der Waals surface area contributed by atoms with E-state index in [-0.39, 0.29) is 24.4 Å². The van der Waals surface area contributed by atoms with Gasteiger partial charge in [0.15, 0.2) is 0 Å². The number of halogens is 1. The number of likely N-dealkylation sites (N-methyl/N-ethyl adjacent to an activating group) is 2. The summed E-state index contributed by atoms with van der Waals surface area (Å²) in [5, 5.41) is 0.207. The molecule has 1 aromatic heterocycles. The summed E-state index contributed by atoms with van der Waals surface area (Å²) in [5.74, 6) is -0.115. The second-order valence-corrected chi connectivity index (χ2v) is 6.78. The van der Waals surface area contributed by atoms with Crippen LogP contribution in [0.1, 0.15) is 18.3 Å². The van der Waals surface area contributed by atoms with Crippen molar-refractivity contribution in [3.63, 3.8) is 0 Å². The monoisotopic (exact) mass is 382 g/mol. The van der Waals surface area contributed by atoms with Crippen LogP contribution in [0.15, 0.2) is 47.3 Å². The minimum absolute atomic E-state index is 0.0615. The summed E-state index contributed by atoms with van der Waals surface area (Å²) in [7, 11) is 3.54. The van der Waals surface area contributed by atoms with E-state index < -0.39 is 11.4 Å². The maximum Gasteiger partial charge on any atom is 0.258 e. The lowest BCUT2D eigenvalue weighted by molar-refractivity contribution is -0.119. The van der Waals surface area contributed by atoms with Crippen molar-refractivity contribution in [3.05, 3.63) is 70.0 Å². The average molecular weight is 382 g/mol. The van der Waals surface area contributed by atoms with Gasteiger partial charge in [0.25, 0.3) is 5.56 Å². The third-order valence-electron chi connectivity index (χ3n) is 4.65. The molecule has 0 aliphatic rings. The van der Waals surface area contributed by atoms with E-state index in [2.05, 4.69) is 16.9 Å². The highest BCUT2D eigenvalue weighted by molar-refractivity contribution is 5.95. The number of carbonyl (C=O) groups is 1. The molecule has 3 rings (SSSR count). The van der Waals surface area contributed by atoms with E-state index in [0.29, 0.717) is 11.3 Å². The number of H-pyrrole nitrogens is 1. The number of aromatic nitrogens is 2. The van der Waals surface area contributed by atoms with Gasteiger partial charge in [-0.05, 0) is 43.3 Å². The SMILES string of the molecule is CCc1ccccc1N(C)C(=O)CN(C)Cc1nc2ccc(F)cc2c(=O)[nH]1. The predicted molar refractivity (Wildman–Crippen MR) is 108 cm³/mol. The number of para-hydroxylation sites is 1. The minimum Gasteiger partial charge on any atom is -0.314 e. The smallest absolute Gasteiger partial charge is 0.258 e. The number of rotatable bonds is 6. The lowest BCUT2D eigenvalue weighted by atomic mass is 10.1. The van der Waals surface area contributed by atoms with E-state index >= 15 is 0 Å². The fourth-order valence-electron chi connectivity index (χ4n) is 3.15. The number of aryl methyl sites for hydroxylation is 1. The summed E-state index contributed by atoms with van der Waals surface area (Å²) in [6, 6.07) is 11.7. The van der Waals surface area contributed by atoms with Crippen LogP contribution < -0.4 is 10.5 Å². The molecule has 0 aliphatic heterocycles. The number of aromatic amines is 1. The zero-order valence-corrected chi connectivity index (χ0v) is 16.2. The Kier molecular flexibility index (Phi) is 5.84. The number of carbonyl (C=O) groups excluding carboxylic acids is 1. The molecule has 0 fully saturated rings. The summed E-state index contributed by atoms with van der Waals surface area (Å²) < 4.78 is 13.3. The lowest BCUT2D eigenvalue weighted by Crippen LogP contribution is -2.37. The molecule has 1 N–H and O–H groups in total. The Morgan fingerprint density at radius 3 is 2.68 bits per heavy atom. The topological polar surface area (TPSA) is 69.3 Å². The van der Waals surface area contributed by atoms with Gasteiger partial charge in [-0.1, -0.05) is 25.1 Å². The van der Waals surface area contributed by atoms with E-state index in [1.807, 2.05) is 24.3 Å². The van der Waals surface area contributed by atoms with Gasteiger partial charge in [-0.25, -0.2) is 9.37 Å². The zero-order chi connectivity index (χ0) is 20.3. The number of fused-ring (bicyclic) bond motifs is 1. The Morgan fingerprint density at radius 1 is 1.18 bits per heavy atom. The second kappa shape index (κ2) is 8.31. The Bertz CT molecular complexity index is 1060. The summed E-state index contributed by atoms with van der Waals surface area (Å²) in [6.07, 6.45) is 0.840. The van der Waals surface area contributed by atoms with Gasteiger partial charge in [0, 0.05) is 12.7 Å². The molecular weight excluding hydrogens is 359 g/mol. The van der Waals surface area contributed by atoms with Crippen LogP contribution in [0.2, 0.25) is 0 Å². The van der Waals surface area contributed by atoms with Crippen LogP contribution in [0, 0.1) is 5.82 Å². The molecule has 0 unspecified atom stereocenters. The van der Waals surface area contributed by atoms with Crippen molar-refractivity contribution in [2.45, 2.75) is 19.9 Å². The van der Waals surface area contributed by atoms with Crippen LogP contribution in [0.25, 0.3) is 10.9 Å². The summed E-state index contributed by atoms with van der Waals surface area (Å²) in [4.78, 5) is 35.3. The maximum absolute atomic E-state index is 13.3. The van der Waals surface area contributed by atoms with Crippen LogP contribution in [0.5, 0.6) is 0 Å². The summed E-state index contributed by atoms with van der Waals surface area (Å²) in [5.41, 5.74) is 2.03. The standard InChI is InChI=1S/C21H23FN4O2/c1-4-14-7-5-6-8-18(14)26(3)20(27)13-25(2)12-19-23-17-10-9-15(22)11-16(17)21(28)24-19/h5-11H,4,12-13H2,1-3H3,(H,23,24,28). The Labute approximate surface area is 162 Å². The first kappa shape index (κ1) is 19.7. The first-order chi connectivity index (χ1) is 13.4. The summed E-state index contributed by atoms with van der Waals surface area (Å²) >= 11 is 0. The molecule has 3 aromatic rings. The van der Waals surface area contributed by atoms with Crippen molar-refractivity contribution in [1.82, 2.24) is 14.9 Å². The van der Waals surface area contributed by atoms with Crippen molar-refractivity contribution in [2.75, 3.05) is 25.5 Å². The minimum atomic E-state index is -0.481. The van der Waals surface area contributed by atoms with Gasteiger partial charge in [-0.15, -0.1) is 0 Å². The van der Waals surface area contributed by atoms with Crippen LogP contribution in [0.4, 0.5) is 10.1 Å². The van der Waals surface area contributed by atoms with Gasteiger partial charge in [-0.2, -0.15) is 0 Å². The fraction of sp³-hybridized carbons (Fsp3) is 0.286. The average Bonchev–Trinajstić information content (AvgIpc) is 2.67. The molecule has 2 aromatic carbocycles. The van der Waals surface area contributed by atoms with Crippen molar-refractivity contribution in [1.29, 1.82) is 0 Å². The van der Waals surface area contributed by atoms with Crippen LogP contribution in [-0.2, 0) is 17.8 Å². The number of nitrogens with zero attached hydrogens (tertiary/aromatic N) is 3. The largest absolute Gasteiger partial charge is 0.314 e. The van der Waals surface area contributed by atoms with Crippen LogP contribution >= 0.6 is 0 Å². The molecule has 0 saturated carbocycles. The van der Waals surface area contributed by atoms with E-state index in [0.717, 1.165) is 17.7 Å². The van der Waals surface area contributed by atoms with Gasteiger partial charge in [-0.3, -0.25) is 14.5 Å². The Balaban J connectivity index is 1.72. The van der Waals surface area contributed by atoms with Crippen molar-refractivity contribution >= 4 is 22.5 Å². The maximum atomic E-state index is 13.3. The van der Waals surface area contributed by atoms with Crippen molar-refractivity contribution in [2.24, 2.45) is 0 Å². The Hall–Kier alpha value is -3.06. The first-order valence-corrected chi connectivity index (χ1v) is 9.10. The third kappa shape index (κ3) is 4.26. The molecule has 28 heavy (non-hydrogen) atoms. The number of hydrogen-bond donors (Lipinski definition) is 1. The van der Waals surface area contributed by atoms with Gasteiger partial charge >= 0.3 is 0 Å². The first-order valence-electron chi connectivity index (χ1n) is 9.10. The number of benzene rings is 2. The molecule has 6 nitrogen and oxygen atoms in total. The molecule has 0 bridgehead atoms. The van der Waals surface area contributed by atoms with E-state index in [4.69, 9.17) is 0 Å². The van der Waals surface area contributed by atoms with Gasteiger partial charge in [0.05, 0.1) is 24.0 Å². The molecule has 0 aliphatic carbocycles. The quantitative estimate of drug-likeness (QED) is 0.712. The molecule has 146 valence electrons. The summed E-state index contributed by atoms with van der Waals surface area (Å²) in [6.45, 7) is 2.51. The van der Waals surface area contributed by atoms with Crippen molar-refractivity contribution < 1.29 is 9.18 Å². The number of anilines is 1. The number of nitrogens with one attached hydrogen (secondary N) is 1. The van der Waals surface area contributed by atoms with Crippen LogP contribution in [-0.4, -0.2) is 41.4 Å². The number of hydrogen-bond acceptors (Lipinski definition) is 4. The van der Waals surface area contributed by atoms with E-state index in [1.54, 1.807) is 23.9 Å². The molecule has 0 saturated heterocycles. The van der Waals surface area contributed by atoms with E-state index in [1.165, 1.54) is 18.2 Å². The van der Waals surface area contributed by atoms with Crippen LogP contribution in [0.3, 0.4) is 0 Å². The van der Waals surface area contributed by atoms with Crippen molar-refractivity contribution in [3.8, 4) is 0 Å². The molecular formula is C21H23FN4O2. The lowest BCUT2D eigenvalue weighted by Gasteiger charge is -2.23. The molecule has 0 atom stereocenters. The van der Waals surface area contributed by atoms with E-state index in [9.17, 15) is 14.0 Å². The highest BCUT2D eigenvalue weighted by Crippen LogP contribution is 2.20. The third-order valence-corrected chi connectivity index (χ3v) is 4.65. The predicted octanol–water partition coefficient (Wildman–Crippen LogP) is 2.72. The zero-order valence-electron chi connectivity index (χ0n) is 16.2. The molecule has 7 heteroatoms. The van der Waals surface area contributed by atoms with Gasteiger partial charge < -0.3 is 9.88 Å². The molecule has 1 amide bonds.